The van der Waals surface area contributed by atoms with Crippen molar-refractivity contribution >= 4 is 5.97 Å². The zero-order chi connectivity index (χ0) is 14.5. The molecule has 0 aliphatic carbocycles. The average Bonchev–Trinajstić information content (AvgIpc) is 2.46. The van der Waals surface area contributed by atoms with Crippen LogP contribution >= 0.6 is 0 Å². The van der Waals surface area contributed by atoms with Gasteiger partial charge in [-0.25, -0.2) is 9.18 Å². The molecular weight excluding hydrogens is 259 g/mol. The van der Waals surface area contributed by atoms with Gasteiger partial charge in [-0.2, -0.15) is 0 Å². The molecule has 0 saturated carbocycles. The van der Waals surface area contributed by atoms with Crippen LogP contribution in [0.25, 0.3) is 0 Å². The number of carbonyl (C=O) groups is 1. The largest absolute Gasteiger partial charge is 0.497 e. The Hall–Kier alpha value is -2.36. The number of ether oxygens (including phenoxy) is 1. The lowest BCUT2D eigenvalue weighted by atomic mass is 9.99. The smallest absolute Gasteiger partial charge is 0.336 e. The van der Waals surface area contributed by atoms with Gasteiger partial charge in [-0.05, 0) is 48.2 Å². The van der Waals surface area contributed by atoms with E-state index in [1.165, 1.54) is 25.3 Å². The summed E-state index contributed by atoms with van der Waals surface area (Å²) in [6, 6.07) is 11.2. The van der Waals surface area contributed by atoms with Gasteiger partial charge in [0.05, 0.1) is 12.7 Å². The van der Waals surface area contributed by atoms with Gasteiger partial charge in [0.15, 0.2) is 0 Å². The Kier molecular flexibility index (Phi) is 4.35. The van der Waals surface area contributed by atoms with Crippen molar-refractivity contribution in [2.75, 3.05) is 7.11 Å². The third-order valence-corrected chi connectivity index (χ3v) is 3.14. The molecule has 4 heteroatoms. The Morgan fingerprint density at radius 1 is 1.15 bits per heavy atom. The average molecular weight is 274 g/mol. The van der Waals surface area contributed by atoms with Crippen molar-refractivity contribution in [2.24, 2.45) is 0 Å². The van der Waals surface area contributed by atoms with Gasteiger partial charge >= 0.3 is 5.97 Å². The van der Waals surface area contributed by atoms with Crippen LogP contribution in [0.4, 0.5) is 4.39 Å². The number of aromatic carboxylic acids is 1. The Bertz CT molecular complexity index is 606. The molecule has 0 fully saturated rings. The van der Waals surface area contributed by atoms with Crippen molar-refractivity contribution < 1.29 is 19.0 Å². The number of aryl methyl sites for hydroxylation is 2. The molecule has 0 aliphatic rings. The number of halogens is 1. The van der Waals surface area contributed by atoms with Crippen molar-refractivity contribution in [1.29, 1.82) is 0 Å². The third kappa shape index (κ3) is 3.35. The van der Waals surface area contributed by atoms with Gasteiger partial charge in [0, 0.05) is 0 Å². The van der Waals surface area contributed by atoms with Gasteiger partial charge in [-0.15, -0.1) is 0 Å². The molecule has 2 rings (SSSR count). The number of methoxy groups -OCH3 is 1. The highest BCUT2D eigenvalue weighted by Crippen LogP contribution is 2.19. The topological polar surface area (TPSA) is 46.5 Å². The molecule has 0 atom stereocenters. The lowest BCUT2D eigenvalue weighted by Gasteiger charge is -2.08. The second-order valence-corrected chi connectivity index (χ2v) is 4.45. The van der Waals surface area contributed by atoms with E-state index in [-0.39, 0.29) is 11.4 Å². The number of hydrogen-bond donors (Lipinski definition) is 1. The molecule has 0 unspecified atom stereocenters. The molecule has 2 aromatic rings. The van der Waals surface area contributed by atoms with Crippen LogP contribution in [-0.2, 0) is 12.8 Å². The van der Waals surface area contributed by atoms with E-state index in [2.05, 4.69) is 0 Å². The lowest BCUT2D eigenvalue weighted by molar-refractivity contribution is 0.0695. The highest BCUT2D eigenvalue weighted by Gasteiger charge is 2.11. The summed E-state index contributed by atoms with van der Waals surface area (Å²) in [5.74, 6) is -0.727. The van der Waals surface area contributed by atoms with Crippen LogP contribution in [-0.4, -0.2) is 18.2 Å². The van der Waals surface area contributed by atoms with Crippen molar-refractivity contribution in [3.8, 4) is 5.75 Å². The molecule has 2 aromatic carbocycles. The van der Waals surface area contributed by atoms with Crippen LogP contribution in [0.15, 0.2) is 42.5 Å². The van der Waals surface area contributed by atoms with E-state index in [9.17, 15) is 14.3 Å². The summed E-state index contributed by atoms with van der Waals surface area (Å²) < 4.78 is 17.8. The maximum Gasteiger partial charge on any atom is 0.336 e. The monoisotopic (exact) mass is 274 g/mol. The Morgan fingerprint density at radius 3 is 2.45 bits per heavy atom. The molecule has 3 nitrogen and oxygen atoms in total. The van der Waals surface area contributed by atoms with Gasteiger partial charge in [-0.1, -0.05) is 18.2 Å². The van der Waals surface area contributed by atoms with E-state index >= 15 is 0 Å². The number of rotatable bonds is 5. The molecular formula is C16H15FO3. The fourth-order valence-electron chi connectivity index (χ4n) is 2.03. The molecule has 104 valence electrons. The van der Waals surface area contributed by atoms with Crippen molar-refractivity contribution in [1.82, 2.24) is 0 Å². The van der Waals surface area contributed by atoms with Crippen LogP contribution < -0.4 is 4.74 Å². The predicted octanol–water partition coefficient (Wildman–Crippen LogP) is 3.32. The lowest BCUT2D eigenvalue weighted by Crippen LogP contribution is -2.04. The number of benzene rings is 2. The minimum Gasteiger partial charge on any atom is -0.497 e. The van der Waals surface area contributed by atoms with Gasteiger partial charge in [-0.3, -0.25) is 0 Å². The van der Waals surface area contributed by atoms with Crippen LogP contribution in [0.2, 0.25) is 0 Å². The van der Waals surface area contributed by atoms with Gasteiger partial charge < -0.3 is 9.84 Å². The summed E-state index contributed by atoms with van der Waals surface area (Å²) in [7, 11) is 1.50. The van der Waals surface area contributed by atoms with Crippen molar-refractivity contribution in [2.45, 2.75) is 12.8 Å². The van der Waals surface area contributed by atoms with Crippen LogP contribution in [0, 0.1) is 5.82 Å². The van der Waals surface area contributed by atoms with E-state index in [4.69, 9.17) is 4.74 Å². The molecule has 0 saturated heterocycles. The van der Waals surface area contributed by atoms with E-state index in [1.54, 1.807) is 24.3 Å². The Balaban J connectivity index is 2.16. The van der Waals surface area contributed by atoms with E-state index in [0.717, 1.165) is 11.1 Å². The van der Waals surface area contributed by atoms with Crippen LogP contribution in [0.1, 0.15) is 21.5 Å². The summed E-state index contributed by atoms with van der Waals surface area (Å²) in [6.07, 6.45) is 1.24. The second-order valence-electron chi connectivity index (χ2n) is 4.45. The predicted molar refractivity (Wildman–Crippen MR) is 73.8 cm³/mol. The van der Waals surface area contributed by atoms with Crippen molar-refractivity contribution in [3.05, 3.63) is 65.0 Å². The fraction of sp³-hybridized carbons (Fsp3) is 0.188. The summed E-state index contributed by atoms with van der Waals surface area (Å²) in [5.41, 5.74) is 1.95. The van der Waals surface area contributed by atoms with Crippen LogP contribution in [0.3, 0.4) is 0 Å². The molecule has 0 spiro atoms. The first-order valence-corrected chi connectivity index (χ1v) is 6.25. The van der Waals surface area contributed by atoms with E-state index in [1.807, 2.05) is 0 Å². The number of carboxylic acid groups (broad SMARTS) is 1. The third-order valence-electron chi connectivity index (χ3n) is 3.14. The standard InChI is InChI=1S/C16H15FO3/c1-20-14-9-6-12(15(10-14)16(18)19)5-2-11-3-7-13(17)8-4-11/h3-4,6-10H,2,5H2,1H3,(H,18,19). The first-order chi connectivity index (χ1) is 9.60. The Morgan fingerprint density at radius 2 is 1.85 bits per heavy atom. The summed E-state index contributed by atoms with van der Waals surface area (Å²) in [5, 5.41) is 9.21. The molecule has 0 radical (unpaired) electrons. The van der Waals surface area contributed by atoms with E-state index in [0.29, 0.717) is 18.6 Å². The number of carboxylic acids is 1. The molecule has 0 amide bonds. The highest BCUT2D eigenvalue weighted by molar-refractivity contribution is 5.90. The summed E-state index contributed by atoms with van der Waals surface area (Å²) in [4.78, 5) is 11.2. The van der Waals surface area contributed by atoms with E-state index < -0.39 is 5.97 Å². The Labute approximate surface area is 116 Å². The van der Waals surface area contributed by atoms with Crippen LogP contribution in [0.5, 0.6) is 5.75 Å². The molecule has 0 heterocycles. The zero-order valence-corrected chi connectivity index (χ0v) is 11.1. The molecule has 0 aliphatic heterocycles. The number of hydrogen-bond acceptors (Lipinski definition) is 2. The highest BCUT2D eigenvalue weighted by atomic mass is 19.1. The summed E-state index contributed by atoms with van der Waals surface area (Å²) >= 11 is 0. The molecule has 0 aromatic heterocycles. The normalized spacial score (nSPS) is 10.3. The van der Waals surface area contributed by atoms with Crippen molar-refractivity contribution in [3.63, 3.8) is 0 Å². The summed E-state index contributed by atoms with van der Waals surface area (Å²) in [6.45, 7) is 0. The molecule has 0 bridgehead atoms. The quantitative estimate of drug-likeness (QED) is 0.909. The minimum atomic E-state index is -0.974. The van der Waals surface area contributed by atoms with Gasteiger partial charge in [0.2, 0.25) is 0 Å². The second kappa shape index (κ2) is 6.19. The van der Waals surface area contributed by atoms with Gasteiger partial charge in [0.25, 0.3) is 0 Å². The SMILES string of the molecule is COc1ccc(CCc2ccc(F)cc2)c(C(=O)O)c1. The molecule has 20 heavy (non-hydrogen) atoms. The maximum atomic E-state index is 12.8. The first-order valence-electron chi connectivity index (χ1n) is 6.25. The zero-order valence-electron chi connectivity index (χ0n) is 11.1. The first kappa shape index (κ1) is 14.1. The maximum absolute atomic E-state index is 12.8. The minimum absolute atomic E-state index is 0.242. The fourth-order valence-corrected chi connectivity index (χ4v) is 2.03. The van der Waals surface area contributed by atoms with Gasteiger partial charge in [0.1, 0.15) is 11.6 Å². The molecule has 1 N–H and O–H groups in total.